The summed E-state index contributed by atoms with van der Waals surface area (Å²) < 4.78 is 0. The smallest absolute Gasteiger partial charge is 0.326 e. The summed E-state index contributed by atoms with van der Waals surface area (Å²) in [5.41, 5.74) is 1.35. The fraction of sp³-hybridized carbons (Fsp3) is 0.400. The number of carboxylic acid groups (broad SMARTS) is 1. The zero-order valence-electron chi connectivity index (χ0n) is 12.4. The van der Waals surface area contributed by atoms with Crippen LogP contribution in [0.2, 0.25) is 0 Å². The molecule has 0 spiro atoms. The molecule has 1 saturated heterocycles. The molecule has 1 fully saturated rings. The third-order valence-corrected chi connectivity index (χ3v) is 3.89. The van der Waals surface area contributed by atoms with Crippen LogP contribution in [-0.4, -0.2) is 34.0 Å². The van der Waals surface area contributed by atoms with E-state index >= 15 is 0 Å². The molecule has 6 nitrogen and oxygen atoms in total. The maximum absolute atomic E-state index is 12.6. The topological polar surface area (TPSA) is 86.7 Å². The average Bonchev–Trinajstić information content (AvgIpc) is 2.59. The normalized spacial score (nSPS) is 23.1. The third kappa shape index (κ3) is 2.26. The molecular weight excluding hydrogens is 272 g/mol. The molecule has 2 unspecified atom stereocenters. The minimum atomic E-state index is -1.24. The molecule has 0 aliphatic carbocycles. The van der Waals surface area contributed by atoms with E-state index in [0.29, 0.717) is 5.56 Å². The molecule has 1 aliphatic rings. The molecule has 1 aromatic carbocycles. The van der Waals surface area contributed by atoms with Crippen molar-refractivity contribution in [2.75, 3.05) is 0 Å². The Kier molecular flexibility index (Phi) is 3.49. The highest BCUT2D eigenvalue weighted by molar-refractivity contribution is 6.09. The van der Waals surface area contributed by atoms with Crippen LogP contribution in [-0.2, 0) is 15.1 Å². The van der Waals surface area contributed by atoms with Crippen LogP contribution >= 0.6 is 0 Å². The standard InChI is InChI=1S/C15H18N2O4/c1-8-5-6-11(9(2)7-8)15(4)13(20)17(14(21)16-15)10(3)12(18)19/h5-7,10H,1-4H3,(H,16,21)(H,18,19). The molecule has 0 aromatic heterocycles. The summed E-state index contributed by atoms with van der Waals surface area (Å²) in [5, 5.41) is 11.7. The van der Waals surface area contributed by atoms with E-state index in [1.54, 1.807) is 13.0 Å². The summed E-state index contributed by atoms with van der Waals surface area (Å²) >= 11 is 0. The number of aryl methyl sites for hydroxylation is 2. The first-order valence-electron chi connectivity index (χ1n) is 6.65. The van der Waals surface area contributed by atoms with Gasteiger partial charge in [-0.1, -0.05) is 23.8 Å². The lowest BCUT2D eigenvalue weighted by Crippen LogP contribution is -2.45. The molecule has 1 heterocycles. The van der Waals surface area contributed by atoms with Gasteiger partial charge >= 0.3 is 12.0 Å². The van der Waals surface area contributed by atoms with Crippen molar-refractivity contribution in [3.8, 4) is 0 Å². The van der Waals surface area contributed by atoms with E-state index < -0.39 is 29.5 Å². The lowest BCUT2D eigenvalue weighted by atomic mass is 9.87. The number of carbonyl (C=O) groups is 3. The zero-order chi connectivity index (χ0) is 15.9. The Morgan fingerprint density at radius 3 is 2.48 bits per heavy atom. The summed E-state index contributed by atoms with van der Waals surface area (Å²) in [6.07, 6.45) is 0. The number of carboxylic acids is 1. The minimum absolute atomic E-state index is 0.547. The van der Waals surface area contributed by atoms with Crippen LogP contribution in [0, 0.1) is 13.8 Å². The van der Waals surface area contributed by atoms with Crippen LogP contribution < -0.4 is 5.32 Å². The Bertz CT molecular complexity index is 641. The second-order valence-corrected chi connectivity index (χ2v) is 5.56. The molecule has 3 amide bonds. The molecule has 1 aliphatic heterocycles. The first-order valence-corrected chi connectivity index (χ1v) is 6.65. The molecule has 2 rings (SSSR count). The van der Waals surface area contributed by atoms with Gasteiger partial charge in [0.1, 0.15) is 11.6 Å². The number of hydrogen-bond donors (Lipinski definition) is 2. The second-order valence-electron chi connectivity index (χ2n) is 5.56. The Labute approximate surface area is 122 Å². The highest BCUT2D eigenvalue weighted by Gasteiger charge is 2.52. The van der Waals surface area contributed by atoms with Gasteiger partial charge in [0.15, 0.2) is 0 Å². The largest absolute Gasteiger partial charge is 0.480 e. The van der Waals surface area contributed by atoms with Gasteiger partial charge in [0.25, 0.3) is 5.91 Å². The fourth-order valence-corrected chi connectivity index (χ4v) is 2.68. The van der Waals surface area contributed by atoms with Crippen LogP contribution in [0.1, 0.15) is 30.5 Å². The van der Waals surface area contributed by atoms with Gasteiger partial charge in [0.2, 0.25) is 0 Å². The summed E-state index contributed by atoms with van der Waals surface area (Å²) in [7, 11) is 0. The predicted molar refractivity (Wildman–Crippen MR) is 75.7 cm³/mol. The number of imide groups is 1. The number of amides is 3. The molecule has 1 aromatic rings. The van der Waals surface area contributed by atoms with Crippen molar-refractivity contribution in [2.45, 2.75) is 39.3 Å². The fourth-order valence-electron chi connectivity index (χ4n) is 2.68. The van der Waals surface area contributed by atoms with Gasteiger partial charge in [-0.2, -0.15) is 0 Å². The maximum atomic E-state index is 12.6. The molecule has 112 valence electrons. The monoisotopic (exact) mass is 290 g/mol. The highest BCUT2D eigenvalue weighted by Crippen LogP contribution is 2.32. The summed E-state index contributed by atoms with van der Waals surface area (Å²) in [6.45, 7) is 6.70. The van der Waals surface area contributed by atoms with Crippen molar-refractivity contribution in [1.82, 2.24) is 10.2 Å². The van der Waals surface area contributed by atoms with Gasteiger partial charge in [-0.25, -0.2) is 14.5 Å². The molecule has 21 heavy (non-hydrogen) atoms. The first-order chi connectivity index (χ1) is 9.68. The van der Waals surface area contributed by atoms with Crippen molar-refractivity contribution < 1.29 is 19.5 Å². The zero-order valence-corrected chi connectivity index (χ0v) is 12.4. The highest BCUT2D eigenvalue weighted by atomic mass is 16.4. The molecule has 0 bridgehead atoms. The molecule has 2 N–H and O–H groups in total. The molecule has 2 atom stereocenters. The lowest BCUT2D eigenvalue weighted by Gasteiger charge is -2.25. The van der Waals surface area contributed by atoms with Crippen LogP contribution in [0.25, 0.3) is 0 Å². The van der Waals surface area contributed by atoms with Gasteiger partial charge in [0.05, 0.1) is 0 Å². The van der Waals surface area contributed by atoms with E-state index in [9.17, 15) is 14.4 Å². The average molecular weight is 290 g/mol. The van der Waals surface area contributed by atoms with E-state index in [0.717, 1.165) is 16.0 Å². The van der Waals surface area contributed by atoms with Gasteiger partial charge in [-0.15, -0.1) is 0 Å². The summed E-state index contributed by atoms with van der Waals surface area (Å²) in [6, 6.07) is 3.68. The van der Waals surface area contributed by atoms with Gasteiger partial charge in [0, 0.05) is 0 Å². The number of nitrogens with zero attached hydrogens (tertiary/aromatic N) is 1. The number of benzene rings is 1. The van der Waals surface area contributed by atoms with Crippen molar-refractivity contribution in [1.29, 1.82) is 0 Å². The maximum Gasteiger partial charge on any atom is 0.326 e. The number of nitrogens with one attached hydrogen (secondary N) is 1. The van der Waals surface area contributed by atoms with E-state index in [4.69, 9.17) is 5.11 Å². The Balaban J connectivity index is 2.47. The molecule has 6 heteroatoms. The van der Waals surface area contributed by atoms with Gasteiger partial charge in [-0.05, 0) is 38.8 Å². The van der Waals surface area contributed by atoms with Gasteiger partial charge < -0.3 is 10.4 Å². The third-order valence-electron chi connectivity index (χ3n) is 3.89. The van der Waals surface area contributed by atoms with Crippen LogP contribution in [0.4, 0.5) is 4.79 Å². The van der Waals surface area contributed by atoms with Crippen molar-refractivity contribution >= 4 is 17.9 Å². The van der Waals surface area contributed by atoms with Crippen LogP contribution in [0.15, 0.2) is 18.2 Å². The van der Waals surface area contributed by atoms with Crippen LogP contribution in [0.3, 0.4) is 0 Å². The van der Waals surface area contributed by atoms with Crippen molar-refractivity contribution in [3.63, 3.8) is 0 Å². The van der Waals surface area contributed by atoms with Gasteiger partial charge in [-0.3, -0.25) is 4.79 Å². The predicted octanol–water partition coefficient (Wildman–Crippen LogP) is 1.54. The molecule has 0 radical (unpaired) electrons. The SMILES string of the molecule is Cc1ccc(C2(C)NC(=O)N(C(C)C(=O)O)C2=O)c(C)c1. The Morgan fingerprint density at radius 1 is 1.33 bits per heavy atom. The number of urea groups is 1. The quantitative estimate of drug-likeness (QED) is 0.827. The Hall–Kier alpha value is -2.37. The van der Waals surface area contributed by atoms with Crippen molar-refractivity contribution in [3.05, 3.63) is 34.9 Å². The summed E-state index contributed by atoms with van der Waals surface area (Å²) in [5.74, 6) is -1.77. The van der Waals surface area contributed by atoms with Crippen LogP contribution in [0.5, 0.6) is 0 Å². The first kappa shape index (κ1) is 15.0. The molecule has 0 saturated carbocycles. The van der Waals surface area contributed by atoms with E-state index in [2.05, 4.69) is 5.32 Å². The molecular formula is C15H18N2O4. The van der Waals surface area contributed by atoms with Crippen molar-refractivity contribution in [2.24, 2.45) is 0 Å². The second kappa shape index (κ2) is 4.87. The number of hydrogen-bond acceptors (Lipinski definition) is 3. The van der Waals surface area contributed by atoms with E-state index in [1.807, 2.05) is 26.0 Å². The van der Waals surface area contributed by atoms with E-state index in [-0.39, 0.29) is 0 Å². The van der Waals surface area contributed by atoms with E-state index in [1.165, 1.54) is 6.92 Å². The number of carbonyl (C=O) groups excluding carboxylic acids is 2. The Morgan fingerprint density at radius 2 is 1.95 bits per heavy atom. The minimum Gasteiger partial charge on any atom is -0.480 e. The summed E-state index contributed by atoms with van der Waals surface area (Å²) in [4.78, 5) is 36.5. The lowest BCUT2D eigenvalue weighted by molar-refractivity contribution is -0.147. The number of rotatable bonds is 3. The number of aliphatic carboxylic acids is 1.